The van der Waals surface area contributed by atoms with Crippen LogP contribution in [0.15, 0.2) is 59.8 Å². The maximum absolute atomic E-state index is 13.7. The summed E-state index contributed by atoms with van der Waals surface area (Å²) in [5, 5.41) is 12.0. The molecule has 0 radical (unpaired) electrons. The Labute approximate surface area is 202 Å². The zero-order valence-electron chi connectivity index (χ0n) is 18.5. The number of allylic oxidation sites excluding steroid dienone is 1. The fourth-order valence-electron chi connectivity index (χ4n) is 3.92. The van der Waals surface area contributed by atoms with Crippen LogP contribution in [0.25, 0.3) is 0 Å². The van der Waals surface area contributed by atoms with Crippen molar-refractivity contribution < 1.29 is 22.8 Å². The van der Waals surface area contributed by atoms with Gasteiger partial charge in [-0.3, -0.25) is 9.69 Å². The Balaban J connectivity index is 1.90. The monoisotopic (exact) mass is 497 g/mol. The number of aryl methyl sites for hydroxylation is 1. The minimum atomic E-state index is -4.61. The largest absolute Gasteiger partial charge is 0.416 e. The second kappa shape index (κ2) is 8.88. The molecular weight excluding hydrogens is 479 g/mol. The van der Waals surface area contributed by atoms with Crippen molar-refractivity contribution in [1.82, 2.24) is 10.3 Å². The van der Waals surface area contributed by atoms with Crippen molar-refractivity contribution in [1.29, 1.82) is 5.26 Å². The van der Waals surface area contributed by atoms with E-state index in [0.29, 0.717) is 16.8 Å². The third kappa shape index (κ3) is 4.48. The summed E-state index contributed by atoms with van der Waals surface area (Å²) < 4.78 is 40.0. The first-order valence-corrected chi connectivity index (χ1v) is 11.1. The molecule has 0 saturated heterocycles. The van der Waals surface area contributed by atoms with Gasteiger partial charge in [0.1, 0.15) is 0 Å². The Morgan fingerprint density at radius 3 is 2.46 bits per heavy atom. The summed E-state index contributed by atoms with van der Waals surface area (Å²) in [6.07, 6.45) is -4.61. The van der Waals surface area contributed by atoms with E-state index in [1.807, 2.05) is 6.07 Å². The molecule has 3 aromatic rings. The number of nitrogens with one attached hydrogen (secondary N) is 1. The molecule has 0 bridgehead atoms. The molecule has 2 aromatic carbocycles. The van der Waals surface area contributed by atoms with Gasteiger partial charge in [-0.2, -0.15) is 18.4 Å². The van der Waals surface area contributed by atoms with Crippen LogP contribution in [0.3, 0.4) is 0 Å². The number of hydrogen-bond donors (Lipinski definition) is 2. The molecule has 0 fully saturated rings. The minimum absolute atomic E-state index is 0.0426. The van der Waals surface area contributed by atoms with Crippen LogP contribution in [0.2, 0.25) is 0 Å². The minimum Gasteiger partial charge on any atom is -0.375 e. The number of alkyl halides is 3. The van der Waals surface area contributed by atoms with Gasteiger partial charge in [-0.15, -0.1) is 0 Å². The number of aromatic nitrogens is 1. The number of urea groups is 1. The number of rotatable bonds is 4. The van der Waals surface area contributed by atoms with Crippen molar-refractivity contribution in [3.05, 3.63) is 87.1 Å². The average Bonchev–Trinajstić information content (AvgIpc) is 3.16. The van der Waals surface area contributed by atoms with Gasteiger partial charge in [0.2, 0.25) is 5.78 Å². The Morgan fingerprint density at radius 1 is 1.20 bits per heavy atom. The molecule has 1 unspecified atom stereocenters. The molecule has 11 heteroatoms. The number of hydrogen-bond acceptors (Lipinski definition) is 6. The topological polar surface area (TPSA) is 112 Å². The summed E-state index contributed by atoms with van der Waals surface area (Å²) in [5.74, 6) is -0.458. The number of nitrogens with two attached hydrogens (primary N) is 1. The first kappa shape index (κ1) is 24.0. The smallest absolute Gasteiger partial charge is 0.375 e. The molecule has 0 aliphatic carbocycles. The number of benzene rings is 2. The van der Waals surface area contributed by atoms with Crippen molar-refractivity contribution in [2.24, 2.45) is 0 Å². The van der Waals surface area contributed by atoms with Gasteiger partial charge in [-0.25, -0.2) is 9.78 Å². The zero-order chi connectivity index (χ0) is 25.5. The highest BCUT2D eigenvalue weighted by atomic mass is 32.1. The molecular formula is C24H18F3N5O2S. The molecule has 1 atom stereocenters. The normalized spacial score (nSPS) is 16.2. The summed E-state index contributed by atoms with van der Waals surface area (Å²) in [5.41, 5.74) is 6.44. The third-order valence-corrected chi connectivity index (χ3v) is 6.54. The molecule has 1 aromatic heterocycles. The van der Waals surface area contributed by atoms with E-state index >= 15 is 0 Å². The van der Waals surface area contributed by atoms with Crippen LogP contribution in [0, 0.1) is 18.3 Å². The number of nitrogen functional groups attached to an aromatic ring is 1. The highest BCUT2D eigenvalue weighted by Gasteiger charge is 2.38. The van der Waals surface area contributed by atoms with E-state index in [1.54, 1.807) is 31.2 Å². The molecule has 1 aliphatic heterocycles. The summed E-state index contributed by atoms with van der Waals surface area (Å²) >= 11 is 0.985. The second-order valence-electron chi connectivity index (χ2n) is 7.79. The molecule has 0 spiro atoms. The van der Waals surface area contributed by atoms with Crippen molar-refractivity contribution >= 4 is 34.0 Å². The SMILES string of the molecule is CC1=C(C(=O)c2sc(N)nc2C)C(c2ccc(C#N)cc2)NC(=O)N1c1cccc(C(F)(F)F)c1. The summed E-state index contributed by atoms with van der Waals surface area (Å²) in [7, 11) is 0. The number of amides is 2. The number of ketones is 1. The number of nitriles is 1. The van der Waals surface area contributed by atoms with E-state index < -0.39 is 29.6 Å². The van der Waals surface area contributed by atoms with Gasteiger partial charge in [-0.1, -0.05) is 29.5 Å². The van der Waals surface area contributed by atoms with Gasteiger partial charge in [0.15, 0.2) is 5.13 Å². The van der Waals surface area contributed by atoms with E-state index in [4.69, 9.17) is 11.0 Å². The highest BCUT2D eigenvalue weighted by Crippen LogP contribution is 2.38. The Bertz CT molecular complexity index is 1400. The predicted octanol–water partition coefficient (Wildman–Crippen LogP) is 5.35. The molecule has 2 heterocycles. The van der Waals surface area contributed by atoms with Crippen molar-refractivity contribution in [2.45, 2.75) is 26.1 Å². The van der Waals surface area contributed by atoms with E-state index in [2.05, 4.69) is 10.3 Å². The number of nitrogens with zero attached hydrogens (tertiary/aromatic N) is 3. The van der Waals surface area contributed by atoms with Gasteiger partial charge in [-0.05, 0) is 49.7 Å². The standard InChI is InChI=1S/C24H18F3N5O2S/c1-12-21(35-22(29)30-12)20(33)18-13(2)32(17-5-3-4-16(10-17)24(25,26)27)23(34)31-19(18)15-8-6-14(11-28)7-9-15/h3-10,19H,1-2H3,(H2,29,30)(H,31,34). The lowest BCUT2D eigenvalue weighted by Gasteiger charge is -2.36. The predicted molar refractivity (Wildman–Crippen MR) is 125 cm³/mol. The maximum atomic E-state index is 13.7. The number of anilines is 2. The fraction of sp³-hybridized carbons (Fsp3) is 0.167. The number of thiazole rings is 1. The Morgan fingerprint density at radius 2 is 1.89 bits per heavy atom. The Kier molecular flexibility index (Phi) is 6.08. The van der Waals surface area contributed by atoms with Crippen molar-refractivity contribution in [3.63, 3.8) is 0 Å². The van der Waals surface area contributed by atoms with Gasteiger partial charge < -0.3 is 11.1 Å². The highest BCUT2D eigenvalue weighted by molar-refractivity contribution is 7.17. The molecule has 2 amide bonds. The lowest BCUT2D eigenvalue weighted by molar-refractivity contribution is -0.137. The second-order valence-corrected chi connectivity index (χ2v) is 8.83. The fourth-order valence-corrected chi connectivity index (χ4v) is 4.71. The molecule has 4 rings (SSSR count). The summed E-state index contributed by atoms with van der Waals surface area (Å²) in [6, 6.07) is 11.0. The molecule has 35 heavy (non-hydrogen) atoms. The van der Waals surface area contributed by atoms with E-state index in [9.17, 15) is 22.8 Å². The molecule has 0 saturated carbocycles. The van der Waals surface area contributed by atoms with Crippen LogP contribution in [0.1, 0.15) is 45.0 Å². The van der Waals surface area contributed by atoms with Gasteiger partial charge >= 0.3 is 12.2 Å². The van der Waals surface area contributed by atoms with Crippen LogP contribution in [-0.4, -0.2) is 16.8 Å². The lowest BCUT2D eigenvalue weighted by Crippen LogP contribution is -2.48. The summed E-state index contributed by atoms with van der Waals surface area (Å²) in [4.78, 5) is 32.3. The molecule has 178 valence electrons. The third-order valence-electron chi connectivity index (χ3n) is 5.55. The first-order chi connectivity index (χ1) is 16.5. The van der Waals surface area contributed by atoms with E-state index in [1.165, 1.54) is 19.1 Å². The van der Waals surface area contributed by atoms with Crippen LogP contribution in [0.4, 0.5) is 28.8 Å². The van der Waals surface area contributed by atoms with Crippen LogP contribution in [-0.2, 0) is 6.18 Å². The number of Topliss-reactive ketones (excluding diaryl/α,β-unsaturated/α-hetero) is 1. The van der Waals surface area contributed by atoms with Crippen LogP contribution >= 0.6 is 11.3 Å². The van der Waals surface area contributed by atoms with E-state index in [-0.39, 0.29) is 27.0 Å². The zero-order valence-corrected chi connectivity index (χ0v) is 19.3. The lowest BCUT2D eigenvalue weighted by atomic mass is 9.90. The average molecular weight is 498 g/mol. The van der Waals surface area contributed by atoms with Gasteiger partial charge in [0.25, 0.3) is 0 Å². The molecule has 7 nitrogen and oxygen atoms in total. The summed E-state index contributed by atoms with van der Waals surface area (Å²) in [6.45, 7) is 3.13. The maximum Gasteiger partial charge on any atom is 0.416 e. The number of halogens is 3. The van der Waals surface area contributed by atoms with Gasteiger partial charge in [0.05, 0.1) is 39.5 Å². The number of carbonyl (C=O) groups excluding carboxylic acids is 2. The quantitative estimate of drug-likeness (QED) is 0.472. The van der Waals surface area contributed by atoms with E-state index in [0.717, 1.165) is 28.4 Å². The van der Waals surface area contributed by atoms with Crippen LogP contribution < -0.4 is 16.0 Å². The van der Waals surface area contributed by atoms with Crippen molar-refractivity contribution in [2.75, 3.05) is 10.6 Å². The van der Waals surface area contributed by atoms with Crippen molar-refractivity contribution in [3.8, 4) is 6.07 Å². The first-order valence-electron chi connectivity index (χ1n) is 10.3. The molecule has 3 N–H and O–H groups in total. The Hall–Kier alpha value is -4.17. The number of carbonyl (C=O) groups is 2. The van der Waals surface area contributed by atoms with Crippen LogP contribution in [0.5, 0.6) is 0 Å². The molecule has 1 aliphatic rings. The van der Waals surface area contributed by atoms with Gasteiger partial charge in [0, 0.05) is 11.3 Å².